The summed E-state index contributed by atoms with van der Waals surface area (Å²) < 4.78 is 9.70. The van der Waals surface area contributed by atoms with Gasteiger partial charge in [-0.2, -0.15) is 0 Å². The van der Waals surface area contributed by atoms with Crippen molar-refractivity contribution in [2.45, 2.75) is 93.5 Å². The van der Waals surface area contributed by atoms with Crippen molar-refractivity contribution in [2.75, 3.05) is 0 Å². The lowest BCUT2D eigenvalue weighted by Crippen LogP contribution is -2.10. The first-order chi connectivity index (χ1) is 26.7. The zero-order valence-electron chi connectivity index (χ0n) is 34.8. The third kappa shape index (κ3) is 4.81. The van der Waals surface area contributed by atoms with Gasteiger partial charge in [0.2, 0.25) is 0 Å². The van der Waals surface area contributed by atoms with Crippen LogP contribution in [0.5, 0.6) is 0 Å². The van der Waals surface area contributed by atoms with E-state index in [1.807, 2.05) is 0 Å². The molecule has 10 rings (SSSR count). The second kappa shape index (κ2) is 11.7. The molecule has 278 valence electrons. The molecule has 2 nitrogen and oxygen atoms in total. The van der Waals surface area contributed by atoms with Crippen molar-refractivity contribution in [3.05, 3.63) is 130 Å². The zero-order valence-corrected chi connectivity index (χ0v) is 34.8. The quantitative estimate of drug-likeness (QED) is 0.166. The Kier molecular flexibility index (Phi) is 7.29. The highest BCUT2D eigenvalue weighted by molar-refractivity contribution is 6.39. The van der Waals surface area contributed by atoms with Crippen LogP contribution in [-0.4, -0.2) is 4.57 Å². The van der Waals surface area contributed by atoms with E-state index in [1.54, 1.807) is 0 Å². The molecule has 2 heteroatoms. The summed E-state index contributed by atoms with van der Waals surface area (Å²) in [6.07, 6.45) is 0. The first-order valence-electron chi connectivity index (χ1n) is 20.4. The van der Waals surface area contributed by atoms with Gasteiger partial charge in [0, 0.05) is 55.2 Å². The van der Waals surface area contributed by atoms with Crippen molar-refractivity contribution < 1.29 is 4.42 Å². The minimum atomic E-state index is 0.0129. The van der Waals surface area contributed by atoms with Crippen LogP contribution in [0.3, 0.4) is 0 Å². The van der Waals surface area contributed by atoms with Crippen LogP contribution in [-0.2, 0) is 17.4 Å². The first kappa shape index (κ1) is 34.9. The van der Waals surface area contributed by atoms with Crippen molar-refractivity contribution in [3.63, 3.8) is 0 Å². The van der Waals surface area contributed by atoms with Gasteiger partial charge in [0.15, 0.2) is 0 Å². The van der Waals surface area contributed by atoms with E-state index >= 15 is 0 Å². The number of nitrogens with zero attached hydrogens (tertiary/aromatic N) is 1. The highest BCUT2D eigenvalue weighted by Gasteiger charge is 2.27. The van der Waals surface area contributed by atoms with Crippen LogP contribution in [0.2, 0.25) is 0 Å². The molecule has 0 saturated carbocycles. The van der Waals surface area contributed by atoms with Crippen molar-refractivity contribution in [1.29, 1.82) is 0 Å². The van der Waals surface area contributed by atoms with Crippen LogP contribution in [0.25, 0.3) is 98.3 Å². The molecule has 0 fully saturated rings. The molecule has 0 spiro atoms. The zero-order chi connectivity index (χ0) is 39.2. The van der Waals surface area contributed by atoms with Gasteiger partial charge in [0.1, 0.15) is 11.2 Å². The fourth-order valence-corrected chi connectivity index (χ4v) is 10.1. The van der Waals surface area contributed by atoms with E-state index in [9.17, 15) is 0 Å². The molecule has 0 aliphatic carbocycles. The van der Waals surface area contributed by atoms with Crippen molar-refractivity contribution in [2.24, 2.45) is 0 Å². The molecular formula is C54H51NO. The number of hydrogen-bond donors (Lipinski definition) is 0. The van der Waals surface area contributed by atoms with Gasteiger partial charge >= 0.3 is 0 Å². The van der Waals surface area contributed by atoms with Gasteiger partial charge in [0.05, 0.1) is 5.52 Å². The summed E-state index contributed by atoms with van der Waals surface area (Å²) in [4.78, 5) is 0. The number of hydrogen-bond acceptors (Lipinski definition) is 1. The molecule has 0 atom stereocenters. The third-order valence-electron chi connectivity index (χ3n) is 12.9. The maximum atomic E-state index is 7.11. The summed E-state index contributed by atoms with van der Waals surface area (Å²) in [6.45, 7) is 26.0. The Morgan fingerprint density at radius 3 is 1.54 bits per heavy atom. The molecule has 0 amide bonds. The van der Waals surface area contributed by atoms with E-state index in [4.69, 9.17) is 4.42 Å². The van der Waals surface area contributed by atoms with Gasteiger partial charge in [-0.05, 0) is 148 Å². The number of fused-ring (bicyclic) bond motifs is 8. The second-order valence-corrected chi connectivity index (χ2v) is 18.6. The number of benzene rings is 8. The Labute approximate surface area is 330 Å². The van der Waals surface area contributed by atoms with E-state index in [0.717, 1.165) is 17.7 Å². The maximum Gasteiger partial charge on any atom is 0.143 e. The molecule has 2 aromatic heterocycles. The second-order valence-electron chi connectivity index (χ2n) is 18.6. The number of rotatable bonds is 3. The van der Waals surface area contributed by atoms with Crippen LogP contribution in [0, 0.1) is 27.7 Å². The molecule has 10 aromatic rings. The largest absolute Gasteiger partial charge is 0.455 e. The molecule has 8 aromatic carbocycles. The average Bonchev–Trinajstić information content (AvgIpc) is 3.67. The molecule has 0 aliphatic rings. The molecule has 0 unspecified atom stereocenters. The van der Waals surface area contributed by atoms with E-state index in [-0.39, 0.29) is 10.8 Å². The Hall–Kier alpha value is -5.60. The van der Waals surface area contributed by atoms with Gasteiger partial charge in [-0.15, -0.1) is 0 Å². The van der Waals surface area contributed by atoms with Crippen molar-refractivity contribution >= 4 is 76.1 Å². The smallest absolute Gasteiger partial charge is 0.143 e. The summed E-state index contributed by atoms with van der Waals surface area (Å²) in [5, 5.41) is 12.7. The van der Waals surface area contributed by atoms with Crippen LogP contribution >= 0.6 is 0 Å². The van der Waals surface area contributed by atoms with E-state index < -0.39 is 0 Å². The fraction of sp³-hybridized carbons (Fsp3) is 0.259. The summed E-state index contributed by atoms with van der Waals surface area (Å²) in [5.74, 6) is 0. The summed E-state index contributed by atoms with van der Waals surface area (Å²) in [6, 6.07) is 37.5. The topological polar surface area (TPSA) is 18.1 Å². The number of aromatic nitrogens is 1. The third-order valence-corrected chi connectivity index (χ3v) is 12.9. The van der Waals surface area contributed by atoms with Crippen molar-refractivity contribution in [1.82, 2.24) is 4.57 Å². The predicted octanol–water partition coefficient (Wildman–Crippen LogP) is 15.8. The SMILES string of the molecule is CCn1c2cc(C(C)(C)C)ccc2c2cc3c(-c4c(C)cccc4C)cc4c5oc6cc(C(C)(C)C)ccc6c5cc5c(-c6c(C)cccc6C)cc(c3c54)c21. The van der Waals surface area contributed by atoms with Gasteiger partial charge < -0.3 is 8.98 Å². The van der Waals surface area contributed by atoms with Crippen molar-refractivity contribution in [3.8, 4) is 22.3 Å². The van der Waals surface area contributed by atoms with Gasteiger partial charge in [-0.3, -0.25) is 0 Å². The minimum absolute atomic E-state index is 0.0129. The Morgan fingerprint density at radius 1 is 0.482 bits per heavy atom. The van der Waals surface area contributed by atoms with Crippen LogP contribution in [0.1, 0.15) is 81.8 Å². The lowest BCUT2D eigenvalue weighted by atomic mass is 9.81. The molecule has 0 aliphatic heterocycles. The number of aryl methyl sites for hydroxylation is 5. The molecule has 56 heavy (non-hydrogen) atoms. The Bertz CT molecular complexity index is 3240. The lowest BCUT2D eigenvalue weighted by Gasteiger charge is -2.22. The molecule has 0 saturated heterocycles. The van der Waals surface area contributed by atoms with E-state index in [0.29, 0.717) is 0 Å². The monoisotopic (exact) mass is 729 g/mol. The molecule has 0 radical (unpaired) electrons. The van der Waals surface area contributed by atoms with Crippen LogP contribution in [0.15, 0.2) is 101 Å². The predicted molar refractivity (Wildman–Crippen MR) is 243 cm³/mol. The summed E-state index contributed by atoms with van der Waals surface area (Å²) in [7, 11) is 0. The van der Waals surface area contributed by atoms with Gasteiger partial charge in [0.25, 0.3) is 0 Å². The van der Waals surface area contributed by atoms with Crippen LogP contribution < -0.4 is 0 Å². The van der Waals surface area contributed by atoms with Gasteiger partial charge in [-0.1, -0.05) is 102 Å². The standard InChI is InChI=1S/C54H51NO/c1-12-55-45-23-33(53(6,7)8)19-21-35(45)41-25-39-38(48-31(4)17-14-18-32(48)5)28-44-50-40(26-42-36-22-20-34(54(9,10)11)24-46(36)56-52(42)44)37(27-43(49(39)50)51(41)55)47-29(2)15-13-16-30(47)3/h13-28H,12H2,1-11H3. The van der Waals surface area contributed by atoms with E-state index in [1.165, 1.54) is 121 Å². The average molecular weight is 730 g/mol. The molecule has 0 bridgehead atoms. The van der Waals surface area contributed by atoms with E-state index in [2.05, 4.69) is 178 Å². The molecule has 2 heterocycles. The number of furan rings is 1. The molecular weight excluding hydrogens is 679 g/mol. The highest BCUT2D eigenvalue weighted by Crippen LogP contribution is 2.52. The molecule has 0 N–H and O–H groups in total. The normalized spacial score (nSPS) is 13.0. The first-order valence-corrected chi connectivity index (χ1v) is 20.4. The maximum absolute atomic E-state index is 7.11. The lowest BCUT2D eigenvalue weighted by molar-refractivity contribution is 0.588. The Morgan fingerprint density at radius 2 is 0.982 bits per heavy atom. The minimum Gasteiger partial charge on any atom is -0.455 e. The summed E-state index contributed by atoms with van der Waals surface area (Å²) >= 11 is 0. The fourth-order valence-electron chi connectivity index (χ4n) is 10.1. The van der Waals surface area contributed by atoms with Crippen LogP contribution in [0.4, 0.5) is 0 Å². The summed E-state index contributed by atoms with van der Waals surface area (Å²) in [5.41, 5.74) is 17.6. The highest BCUT2D eigenvalue weighted by atomic mass is 16.3. The Balaban J connectivity index is 1.51. The van der Waals surface area contributed by atoms with Gasteiger partial charge in [-0.25, -0.2) is 0 Å².